The summed E-state index contributed by atoms with van der Waals surface area (Å²) in [6.45, 7) is 0.206. The van der Waals surface area contributed by atoms with Gasteiger partial charge in [0.2, 0.25) is 0 Å². The van der Waals surface area contributed by atoms with E-state index < -0.39 is 5.97 Å². The number of ether oxygens (including phenoxy) is 1. The molecule has 0 spiro atoms. The third-order valence-electron chi connectivity index (χ3n) is 1.54. The van der Waals surface area contributed by atoms with Crippen LogP contribution < -0.4 is 0 Å². The van der Waals surface area contributed by atoms with Crippen molar-refractivity contribution in [1.29, 1.82) is 0 Å². The standard InChI is InChI=1S/C12H10O2/c1-2-12(13)14-10-6-9-11-7-4-3-5-8-11/h1,3-9H,10H2/b9-6+. The number of esters is 1. The zero-order valence-corrected chi connectivity index (χ0v) is 7.64. The average molecular weight is 186 g/mol. The molecule has 2 nitrogen and oxygen atoms in total. The maximum absolute atomic E-state index is 10.5. The fraction of sp³-hybridized carbons (Fsp3) is 0.0833. The molecule has 0 saturated heterocycles. The molecule has 0 bridgehead atoms. The second-order valence-electron chi connectivity index (χ2n) is 2.56. The lowest BCUT2D eigenvalue weighted by Crippen LogP contribution is -1.99. The van der Waals surface area contributed by atoms with Crippen LogP contribution in [-0.4, -0.2) is 12.6 Å². The van der Waals surface area contributed by atoms with Crippen LogP contribution in [-0.2, 0) is 9.53 Å². The Balaban J connectivity index is 2.36. The molecule has 0 fully saturated rings. The van der Waals surface area contributed by atoms with E-state index in [1.54, 1.807) is 6.08 Å². The van der Waals surface area contributed by atoms with Gasteiger partial charge in [-0.1, -0.05) is 36.4 Å². The number of rotatable bonds is 3. The van der Waals surface area contributed by atoms with Gasteiger partial charge in [-0.25, -0.2) is 4.79 Å². The molecule has 2 heteroatoms. The molecule has 1 aromatic rings. The zero-order valence-electron chi connectivity index (χ0n) is 7.64. The Kier molecular flexibility index (Phi) is 4.03. The molecule has 70 valence electrons. The average Bonchev–Trinajstić information content (AvgIpc) is 2.25. The monoisotopic (exact) mass is 186 g/mol. The van der Waals surface area contributed by atoms with Crippen LogP contribution in [0, 0.1) is 12.3 Å². The molecule has 0 heterocycles. The van der Waals surface area contributed by atoms with Gasteiger partial charge >= 0.3 is 5.97 Å². The maximum Gasteiger partial charge on any atom is 0.384 e. The van der Waals surface area contributed by atoms with E-state index in [2.05, 4.69) is 4.74 Å². The fourth-order valence-electron chi connectivity index (χ4n) is 0.914. The second kappa shape index (κ2) is 5.60. The Morgan fingerprint density at radius 1 is 1.43 bits per heavy atom. The normalized spacial score (nSPS) is 9.64. The Morgan fingerprint density at radius 2 is 2.14 bits per heavy atom. The molecule has 0 amide bonds. The number of carbonyl (C=O) groups excluding carboxylic acids is 1. The van der Waals surface area contributed by atoms with E-state index in [1.807, 2.05) is 42.3 Å². The van der Waals surface area contributed by atoms with Crippen molar-refractivity contribution < 1.29 is 9.53 Å². The topological polar surface area (TPSA) is 26.3 Å². The third kappa shape index (κ3) is 3.59. The van der Waals surface area contributed by atoms with Gasteiger partial charge in [-0.3, -0.25) is 0 Å². The predicted octanol–water partition coefficient (Wildman–Crippen LogP) is 1.88. The van der Waals surface area contributed by atoms with Gasteiger partial charge in [0.1, 0.15) is 6.61 Å². The molecule has 0 aliphatic rings. The highest BCUT2D eigenvalue weighted by Crippen LogP contribution is 2.00. The third-order valence-corrected chi connectivity index (χ3v) is 1.54. The van der Waals surface area contributed by atoms with Crippen LogP contribution >= 0.6 is 0 Å². The van der Waals surface area contributed by atoms with Crippen molar-refractivity contribution in [3.63, 3.8) is 0 Å². The largest absolute Gasteiger partial charge is 0.452 e. The van der Waals surface area contributed by atoms with E-state index in [9.17, 15) is 4.79 Å². The molecule has 0 aliphatic heterocycles. The van der Waals surface area contributed by atoms with Crippen molar-refractivity contribution in [3.8, 4) is 12.3 Å². The van der Waals surface area contributed by atoms with Crippen molar-refractivity contribution >= 4 is 12.0 Å². The highest BCUT2D eigenvalue weighted by molar-refractivity contribution is 5.87. The summed E-state index contributed by atoms with van der Waals surface area (Å²) >= 11 is 0. The molecule has 0 saturated carbocycles. The van der Waals surface area contributed by atoms with E-state index in [0.29, 0.717) is 0 Å². The first kappa shape index (κ1) is 10.1. The van der Waals surface area contributed by atoms with Gasteiger partial charge in [0.15, 0.2) is 0 Å². The predicted molar refractivity (Wildman–Crippen MR) is 55.3 cm³/mol. The Hall–Kier alpha value is -2.01. The van der Waals surface area contributed by atoms with E-state index in [1.165, 1.54) is 0 Å². The fourth-order valence-corrected chi connectivity index (χ4v) is 0.914. The molecule has 1 aromatic carbocycles. The first-order valence-corrected chi connectivity index (χ1v) is 4.18. The lowest BCUT2D eigenvalue weighted by atomic mass is 10.2. The number of hydrogen-bond acceptors (Lipinski definition) is 2. The molecule has 0 N–H and O–H groups in total. The van der Waals surface area contributed by atoms with Crippen LogP contribution in [0.5, 0.6) is 0 Å². The van der Waals surface area contributed by atoms with Gasteiger partial charge in [0.05, 0.1) is 0 Å². The Bertz CT molecular complexity index is 358. The van der Waals surface area contributed by atoms with Crippen molar-refractivity contribution in [2.45, 2.75) is 0 Å². The van der Waals surface area contributed by atoms with Gasteiger partial charge in [0.25, 0.3) is 0 Å². The Labute approximate surface area is 83.2 Å². The van der Waals surface area contributed by atoms with Crippen LogP contribution in [0.4, 0.5) is 0 Å². The van der Waals surface area contributed by atoms with Crippen molar-refractivity contribution in [1.82, 2.24) is 0 Å². The van der Waals surface area contributed by atoms with Gasteiger partial charge in [0, 0.05) is 5.92 Å². The van der Waals surface area contributed by atoms with Gasteiger partial charge in [-0.2, -0.15) is 0 Å². The summed E-state index contributed by atoms with van der Waals surface area (Å²) in [5.41, 5.74) is 1.06. The molecular weight excluding hydrogens is 176 g/mol. The number of carbonyl (C=O) groups is 1. The molecular formula is C12H10O2. The molecule has 0 atom stereocenters. The minimum Gasteiger partial charge on any atom is -0.452 e. The van der Waals surface area contributed by atoms with Gasteiger partial charge < -0.3 is 4.74 Å². The smallest absolute Gasteiger partial charge is 0.384 e. The second-order valence-corrected chi connectivity index (χ2v) is 2.56. The summed E-state index contributed by atoms with van der Waals surface area (Å²) in [7, 11) is 0. The summed E-state index contributed by atoms with van der Waals surface area (Å²) in [5, 5.41) is 0. The highest BCUT2D eigenvalue weighted by Gasteiger charge is 1.91. The van der Waals surface area contributed by atoms with Crippen LogP contribution in [0.2, 0.25) is 0 Å². The van der Waals surface area contributed by atoms with Crippen LogP contribution in [0.1, 0.15) is 5.56 Å². The molecule has 1 rings (SSSR count). The molecule has 0 radical (unpaired) electrons. The molecule has 0 aromatic heterocycles. The van der Waals surface area contributed by atoms with Crippen LogP contribution in [0.25, 0.3) is 6.08 Å². The molecule has 0 aliphatic carbocycles. The van der Waals surface area contributed by atoms with E-state index >= 15 is 0 Å². The van der Waals surface area contributed by atoms with E-state index in [4.69, 9.17) is 6.42 Å². The Morgan fingerprint density at radius 3 is 2.79 bits per heavy atom. The van der Waals surface area contributed by atoms with E-state index in [-0.39, 0.29) is 6.61 Å². The number of hydrogen-bond donors (Lipinski definition) is 0. The SMILES string of the molecule is C#CC(=O)OC/C=C/c1ccccc1. The summed E-state index contributed by atoms with van der Waals surface area (Å²) in [5.74, 6) is 1.23. The quantitative estimate of drug-likeness (QED) is 0.409. The van der Waals surface area contributed by atoms with Crippen LogP contribution in [0.3, 0.4) is 0 Å². The van der Waals surface area contributed by atoms with Crippen molar-refractivity contribution in [3.05, 3.63) is 42.0 Å². The van der Waals surface area contributed by atoms with Crippen molar-refractivity contribution in [2.75, 3.05) is 6.61 Å². The minimum atomic E-state index is -0.636. The zero-order chi connectivity index (χ0) is 10.2. The van der Waals surface area contributed by atoms with Crippen LogP contribution in [0.15, 0.2) is 36.4 Å². The maximum atomic E-state index is 10.5. The summed E-state index contributed by atoms with van der Waals surface area (Å²) in [4.78, 5) is 10.5. The summed E-state index contributed by atoms with van der Waals surface area (Å²) in [6.07, 6.45) is 8.42. The lowest BCUT2D eigenvalue weighted by Gasteiger charge is -1.94. The minimum absolute atomic E-state index is 0.206. The molecule has 0 unspecified atom stereocenters. The van der Waals surface area contributed by atoms with Gasteiger partial charge in [-0.15, -0.1) is 6.42 Å². The first-order chi connectivity index (χ1) is 6.83. The number of terminal acetylenes is 1. The highest BCUT2D eigenvalue weighted by atomic mass is 16.5. The summed E-state index contributed by atoms with van der Waals surface area (Å²) in [6, 6.07) is 9.73. The van der Waals surface area contributed by atoms with Crippen molar-refractivity contribution in [2.24, 2.45) is 0 Å². The summed E-state index contributed by atoms with van der Waals surface area (Å²) < 4.78 is 4.65. The first-order valence-electron chi connectivity index (χ1n) is 4.18. The van der Waals surface area contributed by atoms with Gasteiger partial charge in [-0.05, 0) is 11.6 Å². The lowest BCUT2D eigenvalue weighted by molar-refractivity contribution is -0.135. The number of benzene rings is 1. The molecule has 14 heavy (non-hydrogen) atoms. The van der Waals surface area contributed by atoms with E-state index in [0.717, 1.165) is 5.56 Å².